The SMILES string of the molecule is CCCN(CC1CCCN1)c1ccc([N+](=O)[O-])cc1Cl. The molecule has 0 amide bonds. The largest absolute Gasteiger partial charge is 0.369 e. The van der Waals surface area contributed by atoms with E-state index in [1.165, 1.54) is 25.0 Å². The third kappa shape index (κ3) is 3.61. The van der Waals surface area contributed by atoms with Crippen LogP contribution in [0, 0.1) is 10.1 Å². The van der Waals surface area contributed by atoms with Crippen molar-refractivity contribution in [1.29, 1.82) is 0 Å². The number of nitrogens with one attached hydrogen (secondary N) is 1. The van der Waals surface area contributed by atoms with E-state index in [4.69, 9.17) is 11.6 Å². The van der Waals surface area contributed by atoms with E-state index in [0.29, 0.717) is 11.1 Å². The summed E-state index contributed by atoms with van der Waals surface area (Å²) in [6.45, 7) is 4.98. The standard InChI is InChI=1S/C14H20ClN3O2/c1-2-8-17(10-11-4-3-7-16-11)14-6-5-12(18(19)20)9-13(14)15/h5-6,9,11,16H,2-4,7-8,10H2,1H3. The van der Waals surface area contributed by atoms with Crippen LogP contribution in [0.2, 0.25) is 5.02 Å². The lowest BCUT2D eigenvalue weighted by Crippen LogP contribution is -2.38. The monoisotopic (exact) mass is 297 g/mol. The normalized spacial score (nSPS) is 18.2. The van der Waals surface area contributed by atoms with E-state index in [-0.39, 0.29) is 5.69 Å². The highest BCUT2D eigenvalue weighted by atomic mass is 35.5. The van der Waals surface area contributed by atoms with E-state index < -0.39 is 4.92 Å². The maximum atomic E-state index is 10.8. The second-order valence-corrected chi connectivity index (χ2v) is 5.54. The van der Waals surface area contributed by atoms with Gasteiger partial charge >= 0.3 is 0 Å². The number of nitro groups is 1. The van der Waals surface area contributed by atoms with Crippen molar-refractivity contribution in [3.8, 4) is 0 Å². The summed E-state index contributed by atoms with van der Waals surface area (Å²) in [5, 5.41) is 14.7. The topological polar surface area (TPSA) is 58.4 Å². The quantitative estimate of drug-likeness (QED) is 0.647. The number of non-ortho nitro benzene ring substituents is 1. The van der Waals surface area contributed by atoms with Gasteiger partial charge in [0.15, 0.2) is 0 Å². The second-order valence-electron chi connectivity index (χ2n) is 5.13. The number of halogens is 1. The molecular formula is C14H20ClN3O2. The smallest absolute Gasteiger partial charge is 0.271 e. The molecule has 1 aliphatic rings. The van der Waals surface area contributed by atoms with Crippen LogP contribution in [-0.4, -0.2) is 30.6 Å². The van der Waals surface area contributed by atoms with Gasteiger partial charge in [-0.2, -0.15) is 0 Å². The van der Waals surface area contributed by atoms with Crippen LogP contribution in [0.4, 0.5) is 11.4 Å². The van der Waals surface area contributed by atoms with Gasteiger partial charge in [-0.05, 0) is 31.9 Å². The molecule has 1 fully saturated rings. The van der Waals surface area contributed by atoms with E-state index in [0.717, 1.165) is 31.7 Å². The molecular weight excluding hydrogens is 278 g/mol. The zero-order valence-electron chi connectivity index (χ0n) is 11.6. The number of anilines is 1. The lowest BCUT2D eigenvalue weighted by Gasteiger charge is -2.28. The van der Waals surface area contributed by atoms with E-state index in [2.05, 4.69) is 17.1 Å². The minimum absolute atomic E-state index is 0.0363. The van der Waals surface area contributed by atoms with Gasteiger partial charge in [-0.1, -0.05) is 18.5 Å². The summed E-state index contributed by atoms with van der Waals surface area (Å²) in [5.74, 6) is 0. The fourth-order valence-corrected chi connectivity index (χ4v) is 2.92. The molecule has 20 heavy (non-hydrogen) atoms. The molecule has 1 aromatic carbocycles. The Morgan fingerprint density at radius 1 is 1.55 bits per heavy atom. The molecule has 5 nitrogen and oxygen atoms in total. The van der Waals surface area contributed by atoms with Crippen molar-refractivity contribution in [2.45, 2.75) is 32.2 Å². The lowest BCUT2D eigenvalue weighted by atomic mass is 10.2. The number of hydrogen-bond acceptors (Lipinski definition) is 4. The summed E-state index contributed by atoms with van der Waals surface area (Å²) in [4.78, 5) is 12.6. The van der Waals surface area contributed by atoms with E-state index in [9.17, 15) is 10.1 Å². The molecule has 1 aromatic rings. The van der Waals surface area contributed by atoms with Gasteiger partial charge in [0.1, 0.15) is 0 Å². The van der Waals surface area contributed by atoms with Crippen molar-refractivity contribution in [1.82, 2.24) is 5.32 Å². The lowest BCUT2D eigenvalue weighted by molar-refractivity contribution is -0.384. The molecule has 0 saturated carbocycles. The van der Waals surface area contributed by atoms with Crippen molar-refractivity contribution in [2.75, 3.05) is 24.5 Å². The fraction of sp³-hybridized carbons (Fsp3) is 0.571. The number of nitrogens with zero attached hydrogens (tertiary/aromatic N) is 2. The van der Waals surface area contributed by atoms with Crippen molar-refractivity contribution in [2.24, 2.45) is 0 Å². The van der Waals surface area contributed by atoms with Gasteiger partial charge in [0.25, 0.3) is 5.69 Å². The maximum Gasteiger partial charge on any atom is 0.271 e. The highest BCUT2D eigenvalue weighted by Gasteiger charge is 2.20. The minimum atomic E-state index is -0.418. The summed E-state index contributed by atoms with van der Waals surface area (Å²) in [7, 11) is 0. The van der Waals surface area contributed by atoms with Crippen LogP contribution < -0.4 is 10.2 Å². The van der Waals surface area contributed by atoms with Gasteiger partial charge in [0, 0.05) is 31.3 Å². The highest BCUT2D eigenvalue weighted by Crippen LogP contribution is 2.30. The number of benzene rings is 1. The second kappa shape index (κ2) is 6.90. The van der Waals surface area contributed by atoms with Gasteiger partial charge in [0.05, 0.1) is 15.6 Å². The number of nitro benzene ring substituents is 1. The predicted octanol–water partition coefficient (Wildman–Crippen LogP) is 3.22. The summed E-state index contributed by atoms with van der Waals surface area (Å²) in [6, 6.07) is 5.19. The van der Waals surface area contributed by atoms with E-state index in [1.54, 1.807) is 6.07 Å². The van der Waals surface area contributed by atoms with Gasteiger partial charge < -0.3 is 10.2 Å². The molecule has 110 valence electrons. The Hall–Kier alpha value is -1.33. The maximum absolute atomic E-state index is 10.8. The van der Waals surface area contributed by atoms with Crippen LogP contribution >= 0.6 is 11.6 Å². The van der Waals surface area contributed by atoms with Gasteiger partial charge in [0.2, 0.25) is 0 Å². The average molecular weight is 298 g/mol. The Balaban J connectivity index is 2.17. The zero-order valence-corrected chi connectivity index (χ0v) is 12.4. The molecule has 0 aliphatic carbocycles. The third-order valence-electron chi connectivity index (χ3n) is 3.58. The molecule has 1 unspecified atom stereocenters. The predicted molar refractivity (Wildman–Crippen MR) is 81.6 cm³/mol. The van der Waals surface area contributed by atoms with Crippen LogP contribution in [0.1, 0.15) is 26.2 Å². The van der Waals surface area contributed by atoms with E-state index in [1.807, 2.05) is 0 Å². The first-order valence-electron chi connectivity index (χ1n) is 7.04. The first-order chi connectivity index (χ1) is 9.61. The number of rotatable bonds is 6. The van der Waals surface area contributed by atoms with Crippen molar-refractivity contribution < 1.29 is 4.92 Å². The van der Waals surface area contributed by atoms with Gasteiger partial charge in [-0.3, -0.25) is 10.1 Å². The van der Waals surface area contributed by atoms with Crippen molar-refractivity contribution in [3.63, 3.8) is 0 Å². The van der Waals surface area contributed by atoms with Crippen molar-refractivity contribution in [3.05, 3.63) is 33.3 Å². The Morgan fingerprint density at radius 2 is 2.35 bits per heavy atom. The van der Waals surface area contributed by atoms with Crippen LogP contribution in [0.3, 0.4) is 0 Å². The van der Waals surface area contributed by atoms with Crippen LogP contribution in [0.25, 0.3) is 0 Å². The Labute approximate surface area is 124 Å². The average Bonchev–Trinajstić information content (AvgIpc) is 2.91. The van der Waals surface area contributed by atoms with Crippen LogP contribution in [0.15, 0.2) is 18.2 Å². The molecule has 1 heterocycles. The molecule has 1 aliphatic heterocycles. The molecule has 1 saturated heterocycles. The molecule has 0 spiro atoms. The van der Waals surface area contributed by atoms with Crippen molar-refractivity contribution >= 4 is 23.0 Å². The molecule has 1 N–H and O–H groups in total. The summed E-state index contributed by atoms with van der Waals surface area (Å²) < 4.78 is 0. The summed E-state index contributed by atoms with van der Waals surface area (Å²) in [5.41, 5.74) is 0.919. The summed E-state index contributed by atoms with van der Waals surface area (Å²) >= 11 is 6.22. The number of hydrogen-bond donors (Lipinski definition) is 1. The fourth-order valence-electron chi connectivity index (χ4n) is 2.62. The molecule has 0 radical (unpaired) electrons. The molecule has 6 heteroatoms. The van der Waals surface area contributed by atoms with Gasteiger partial charge in [-0.15, -0.1) is 0 Å². The first-order valence-corrected chi connectivity index (χ1v) is 7.42. The van der Waals surface area contributed by atoms with Crippen LogP contribution in [0.5, 0.6) is 0 Å². The highest BCUT2D eigenvalue weighted by molar-refractivity contribution is 6.33. The zero-order chi connectivity index (χ0) is 14.5. The Bertz CT molecular complexity index is 475. The minimum Gasteiger partial charge on any atom is -0.369 e. The van der Waals surface area contributed by atoms with Crippen LogP contribution in [-0.2, 0) is 0 Å². The third-order valence-corrected chi connectivity index (χ3v) is 3.88. The Morgan fingerprint density at radius 3 is 2.90 bits per heavy atom. The molecule has 1 atom stereocenters. The van der Waals surface area contributed by atoms with Gasteiger partial charge in [-0.25, -0.2) is 0 Å². The molecule has 0 bridgehead atoms. The summed E-state index contributed by atoms with van der Waals surface area (Å²) in [6.07, 6.45) is 3.39. The molecule has 2 rings (SSSR count). The Kier molecular flexibility index (Phi) is 5.20. The first kappa shape index (κ1) is 15.1. The van der Waals surface area contributed by atoms with E-state index >= 15 is 0 Å². The molecule has 0 aromatic heterocycles.